The summed E-state index contributed by atoms with van der Waals surface area (Å²) in [6.07, 6.45) is 0. The molecule has 0 aliphatic heterocycles. The molecule has 0 spiro atoms. The van der Waals surface area contributed by atoms with Gasteiger partial charge in [0.25, 0.3) is 17.3 Å². The van der Waals surface area contributed by atoms with Crippen molar-refractivity contribution in [2.45, 2.75) is 0 Å². The van der Waals surface area contributed by atoms with Gasteiger partial charge in [0.15, 0.2) is 5.11 Å². The van der Waals surface area contributed by atoms with E-state index in [1.54, 1.807) is 0 Å². The maximum absolute atomic E-state index is 12.2. The molecule has 0 saturated heterocycles. The minimum absolute atomic E-state index is 0.152. The summed E-state index contributed by atoms with van der Waals surface area (Å²) in [5, 5.41) is 26.5. The molecule has 0 aliphatic rings. The van der Waals surface area contributed by atoms with Gasteiger partial charge in [-0.15, -0.1) is 0 Å². The third kappa shape index (κ3) is 5.02. The van der Waals surface area contributed by atoms with Gasteiger partial charge in [-0.1, -0.05) is 0 Å². The molecule has 2 aromatic rings. The fourth-order valence-corrected chi connectivity index (χ4v) is 2.20. The molecule has 2 rings (SSSR count). The minimum atomic E-state index is -0.868. The van der Waals surface area contributed by atoms with Gasteiger partial charge in [-0.25, -0.2) is 0 Å². The Morgan fingerprint density at radius 1 is 0.926 bits per heavy atom. The van der Waals surface area contributed by atoms with Crippen molar-refractivity contribution in [1.82, 2.24) is 5.32 Å². The van der Waals surface area contributed by atoms with E-state index in [0.717, 1.165) is 18.2 Å². The molecule has 0 heterocycles. The lowest BCUT2D eigenvalue weighted by Crippen LogP contribution is -2.34. The molecule has 138 valence electrons. The number of carbonyl (C=O) groups excluding carboxylic acids is 2. The average Bonchev–Trinajstić information content (AvgIpc) is 2.61. The summed E-state index contributed by atoms with van der Waals surface area (Å²) < 4.78 is 0. The minimum Gasteiger partial charge on any atom is -0.366 e. The van der Waals surface area contributed by atoms with Crippen LogP contribution in [0.4, 0.5) is 17.1 Å². The van der Waals surface area contributed by atoms with Gasteiger partial charge in [0.05, 0.1) is 21.5 Å². The van der Waals surface area contributed by atoms with Crippen LogP contribution in [0.2, 0.25) is 0 Å². The third-order valence-electron chi connectivity index (χ3n) is 3.24. The monoisotopic (exact) mass is 389 g/mol. The van der Waals surface area contributed by atoms with Gasteiger partial charge >= 0.3 is 0 Å². The zero-order chi connectivity index (χ0) is 20.1. The van der Waals surface area contributed by atoms with Crippen LogP contribution in [0.15, 0.2) is 42.5 Å². The number of thiocarbonyl (C=S) groups is 1. The zero-order valence-electron chi connectivity index (χ0n) is 13.4. The van der Waals surface area contributed by atoms with E-state index >= 15 is 0 Å². The molecular weight excluding hydrogens is 378 g/mol. The standard InChI is InChI=1S/C15H11N5O6S/c16-13(21)8-1-3-10(4-2-8)17-15(27)18-14(22)9-5-11(19(23)24)7-12(6-9)20(25)26/h1-7H,(H2,16,21)(H2,17,18,22,27). The van der Waals surface area contributed by atoms with Crippen molar-refractivity contribution in [2.75, 3.05) is 5.32 Å². The Kier molecular flexibility index (Phi) is 5.72. The van der Waals surface area contributed by atoms with Gasteiger partial charge in [0.2, 0.25) is 5.91 Å². The quantitative estimate of drug-likeness (QED) is 0.394. The molecule has 0 unspecified atom stereocenters. The number of amides is 2. The average molecular weight is 389 g/mol. The van der Waals surface area contributed by atoms with Crippen molar-refractivity contribution < 1.29 is 19.4 Å². The Labute approximate surface area is 156 Å². The number of nitrogens with zero attached hydrogens (tertiary/aromatic N) is 2. The van der Waals surface area contributed by atoms with E-state index in [9.17, 15) is 29.8 Å². The first-order chi connectivity index (χ1) is 12.7. The number of hydrogen-bond donors (Lipinski definition) is 3. The Balaban J connectivity index is 2.14. The molecule has 0 aromatic heterocycles. The van der Waals surface area contributed by atoms with Crippen LogP contribution in [-0.4, -0.2) is 26.8 Å². The van der Waals surface area contributed by atoms with Gasteiger partial charge in [-0.05, 0) is 36.5 Å². The number of nitrogens with two attached hydrogens (primary N) is 1. The molecule has 12 heteroatoms. The van der Waals surface area contributed by atoms with Gasteiger partial charge in [0, 0.05) is 23.4 Å². The Bertz CT molecular complexity index is 927. The van der Waals surface area contributed by atoms with Crippen LogP contribution >= 0.6 is 12.2 Å². The topological polar surface area (TPSA) is 170 Å². The Hall–Kier alpha value is -3.93. The summed E-state index contributed by atoms with van der Waals surface area (Å²) in [6.45, 7) is 0. The number of benzene rings is 2. The van der Waals surface area contributed by atoms with Gasteiger partial charge in [0.1, 0.15) is 0 Å². The zero-order valence-corrected chi connectivity index (χ0v) is 14.2. The fraction of sp³-hybridized carbons (Fsp3) is 0. The molecule has 0 saturated carbocycles. The molecule has 4 N–H and O–H groups in total. The highest BCUT2D eigenvalue weighted by Gasteiger charge is 2.20. The van der Waals surface area contributed by atoms with Crippen LogP contribution in [0.3, 0.4) is 0 Å². The predicted molar refractivity (Wildman–Crippen MR) is 98.4 cm³/mol. The summed E-state index contributed by atoms with van der Waals surface area (Å²) in [5.74, 6) is -1.47. The highest BCUT2D eigenvalue weighted by atomic mass is 32.1. The van der Waals surface area contributed by atoms with Crippen LogP contribution in [0.25, 0.3) is 0 Å². The molecule has 0 atom stereocenters. The van der Waals surface area contributed by atoms with E-state index < -0.39 is 33.0 Å². The number of nitrogens with one attached hydrogen (secondary N) is 2. The largest absolute Gasteiger partial charge is 0.366 e. The Morgan fingerprint density at radius 2 is 1.44 bits per heavy atom. The second kappa shape index (κ2) is 7.97. The second-order valence-electron chi connectivity index (χ2n) is 5.10. The van der Waals surface area contributed by atoms with Crippen molar-refractivity contribution >= 4 is 46.2 Å². The predicted octanol–water partition coefficient (Wildman–Crippen LogP) is 1.73. The highest BCUT2D eigenvalue weighted by molar-refractivity contribution is 7.80. The number of anilines is 1. The number of carbonyl (C=O) groups is 2. The van der Waals surface area contributed by atoms with Gasteiger partial charge in [-0.2, -0.15) is 0 Å². The maximum atomic E-state index is 12.2. The van der Waals surface area contributed by atoms with Crippen LogP contribution in [0.5, 0.6) is 0 Å². The fourth-order valence-electron chi connectivity index (χ4n) is 1.99. The van der Waals surface area contributed by atoms with E-state index in [4.69, 9.17) is 18.0 Å². The van der Waals surface area contributed by atoms with E-state index in [-0.39, 0.29) is 16.2 Å². The van der Waals surface area contributed by atoms with Crippen LogP contribution in [0.1, 0.15) is 20.7 Å². The third-order valence-corrected chi connectivity index (χ3v) is 3.44. The van der Waals surface area contributed by atoms with E-state index in [2.05, 4.69) is 10.6 Å². The molecule has 0 bridgehead atoms. The first-order valence-corrected chi connectivity index (χ1v) is 7.54. The lowest BCUT2D eigenvalue weighted by atomic mass is 10.1. The van der Waals surface area contributed by atoms with Gasteiger partial charge < -0.3 is 11.1 Å². The van der Waals surface area contributed by atoms with Crippen LogP contribution in [-0.2, 0) is 0 Å². The number of primary amides is 1. The van der Waals surface area contributed by atoms with Crippen LogP contribution in [0, 0.1) is 20.2 Å². The molecule has 2 amide bonds. The first kappa shape index (κ1) is 19.4. The summed E-state index contributed by atoms with van der Waals surface area (Å²) in [5.41, 5.74) is 4.34. The smallest absolute Gasteiger partial charge is 0.277 e. The highest BCUT2D eigenvalue weighted by Crippen LogP contribution is 2.22. The van der Waals surface area contributed by atoms with E-state index in [1.165, 1.54) is 24.3 Å². The van der Waals surface area contributed by atoms with Crippen molar-refractivity contribution in [1.29, 1.82) is 0 Å². The lowest BCUT2D eigenvalue weighted by Gasteiger charge is -2.10. The number of nitro groups is 2. The first-order valence-electron chi connectivity index (χ1n) is 7.13. The van der Waals surface area contributed by atoms with Crippen LogP contribution < -0.4 is 16.4 Å². The van der Waals surface area contributed by atoms with Crippen molar-refractivity contribution in [3.63, 3.8) is 0 Å². The SMILES string of the molecule is NC(=O)c1ccc(NC(=S)NC(=O)c2cc([N+](=O)[O-])cc([N+](=O)[O-])c2)cc1. The maximum Gasteiger partial charge on any atom is 0.277 e. The molecule has 11 nitrogen and oxygen atoms in total. The number of nitro benzene ring substituents is 2. The molecule has 0 aliphatic carbocycles. The van der Waals surface area contributed by atoms with Crippen molar-refractivity contribution in [2.24, 2.45) is 5.73 Å². The molecule has 0 radical (unpaired) electrons. The normalized spacial score (nSPS) is 9.93. The van der Waals surface area contributed by atoms with E-state index in [1.807, 2.05) is 0 Å². The molecule has 27 heavy (non-hydrogen) atoms. The second-order valence-corrected chi connectivity index (χ2v) is 5.51. The number of hydrogen-bond acceptors (Lipinski definition) is 7. The van der Waals surface area contributed by atoms with Crippen molar-refractivity contribution in [3.05, 3.63) is 73.8 Å². The Morgan fingerprint density at radius 3 is 1.89 bits per heavy atom. The van der Waals surface area contributed by atoms with Crippen molar-refractivity contribution in [3.8, 4) is 0 Å². The summed E-state index contributed by atoms with van der Waals surface area (Å²) in [7, 11) is 0. The summed E-state index contributed by atoms with van der Waals surface area (Å²) in [6, 6.07) is 8.42. The molecular formula is C15H11N5O6S. The molecule has 2 aromatic carbocycles. The summed E-state index contributed by atoms with van der Waals surface area (Å²) >= 11 is 4.96. The number of non-ortho nitro benzene ring substituents is 2. The summed E-state index contributed by atoms with van der Waals surface area (Å²) in [4.78, 5) is 43.3. The van der Waals surface area contributed by atoms with E-state index in [0.29, 0.717) is 5.69 Å². The molecule has 0 fully saturated rings. The lowest BCUT2D eigenvalue weighted by molar-refractivity contribution is -0.394. The van der Waals surface area contributed by atoms with Gasteiger partial charge in [-0.3, -0.25) is 35.1 Å². The number of rotatable bonds is 5.